The monoisotopic (exact) mass is 401 g/mol. The molecule has 1 amide bonds. The number of carbonyl (C=O) groups is 1. The number of para-hydroxylation sites is 1. The fourth-order valence-corrected chi connectivity index (χ4v) is 3.99. The molecule has 29 heavy (non-hydrogen) atoms. The number of aromatic amines is 1. The molecule has 5 aromatic rings. The van der Waals surface area contributed by atoms with E-state index in [1.165, 1.54) is 17.5 Å². The van der Waals surface area contributed by atoms with Gasteiger partial charge >= 0.3 is 0 Å². The third kappa shape index (κ3) is 3.09. The molecule has 0 fully saturated rings. The minimum absolute atomic E-state index is 0.257. The largest absolute Gasteiger partial charge is 0.319 e. The summed E-state index contributed by atoms with van der Waals surface area (Å²) in [5.74, 6) is -0.449. The maximum absolute atomic E-state index is 12.9. The van der Waals surface area contributed by atoms with Gasteiger partial charge in [0.05, 0.1) is 17.1 Å². The molecule has 2 aromatic carbocycles. The van der Waals surface area contributed by atoms with Crippen molar-refractivity contribution in [2.75, 3.05) is 0 Å². The summed E-state index contributed by atoms with van der Waals surface area (Å²) in [5.41, 5.74) is 2.09. The minimum atomic E-state index is -0.449. The fraction of sp³-hybridized carbons (Fsp3) is 0.0476. The van der Waals surface area contributed by atoms with E-state index in [1.54, 1.807) is 22.7 Å². The summed E-state index contributed by atoms with van der Waals surface area (Å²) >= 11 is 1.38. The first-order valence-corrected chi connectivity index (χ1v) is 9.84. The van der Waals surface area contributed by atoms with Crippen LogP contribution >= 0.6 is 11.3 Å². The number of hydrogen-bond acceptors (Lipinski definition) is 4. The zero-order valence-corrected chi connectivity index (χ0v) is 16.0. The molecule has 142 valence electrons. The maximum atomic E-state index is 12.9. The Labute approximate surface area is 168 Å². The zero-order valence-electron chi connectivity index (χ0n) is 15.1. The molecule has 0 aliphatic rings. The molecule has 0 saturated heterocycles. The molecule has 3 heterocycles. The van der Waals surface area contributed by atoms with Gasteiger partial charge in [0, 0.05) is 18.1 Å². The highest BCUT2D eigenvalue weighted by atomic mass is 32.1. The minimum Gasteiger partial charge on any atom is -0.319 e. The number of thiazole rings is 1. The molecule has 0 unspecified atom stereocenters. The van der Waals surface area contributed by atoms with Gasteiger partial charge in [-0.05, 0) is 17.7 Å². The molecule has 3 aromatic heterocycles. The van der Waals surface area contributed by atoms with Gasteiger partial charge in [0.1, 0.15) is 11.2 Å². The van der Waals surface area contributed by atoms with Crippen molar-refractivity contribution in [3.63, 3.8) is 0 Å². The predicted octanol–water partition coefficient (Wildman–Crippen LogP) is 2.83. The summed E-state index contributed by atoms with van der Waals surface area (Å²) in [6.07, 6.45) is 3.34. The van der Waals surface area contributed by atoms with E-state index < -0.39 is 5.91 Å². The smallest absolute Gasteiger partial charge is 0.285 e. The quantitative estimate of drug-likeness (QED) is 0.505. The molecule has 0 aliphatic heterocycles. The molecule has 0 aliphatic carbocycles. The van der Waals surface area contributed by atoms with E-state index in [-0.39, 0.29) is 11.1 Å². The van der Waals surface area contributed by atoms with Gasteiger partial charge in [-0.25, -0.2) is 4.52 Å². The number of benzene rings is 2. The van der Waals surface area contributed by atoms with Gasteiger partial charge in [0.25, 0.3) is 11.5 Å². The van der Waals surface area contributed by atoms with E-state index in [4.69, 9.17) is 0 Å². The van der Waals surface area contributed by atoms with E-state index in [0.29, 0.717) is 27.9 Å². The average molecular weight is 401 g/mol. The van der Waals surface area contributed by atoms with Gasteiger partial charge in [-0.2, -0.15) is 10.1 Å². The molecule has 7 nitrogen and oxygen atoms in total. The second-order valence-electron chi connectivity index (χ2n) is 6.51. The highest BCUT2D eigenvalue weighted by Gasteiger charge is 2.16. The van der Waals surface area contributed by atoms with Crippen LogP contribution < -0.4 is 10.4 Å². The van der Waals surface area contributed by atoms with Crippen molar-refractivity contribution < 1.29 is 4.79 Å². The van der Waals surface area contributed by atoms with Gasteiger partial charge in [-0.15, -0.1) is 11.3 Å². The SMILES string of the molecule is O=C(N=c1sccn1Cc1ccccc1)c1cnn2c1[nH]c(=O)c1ccccc12. The van der Waals surface area contributed by atoms with Crippen LogP contribution in [0.1, 0.15) is 15.9 Å². The third-order valence-corrected chi connectivity index (χ3v) is 5.46. The van der Waals surface area contributed by atoms with Crippen molar-refractivity contribution >= 4 is 33.8 Å². The summed E-state index contributed by atoms with van der Waals surface area (Å²) in [6.45, 7) is 0.618. The zero-order chi connectivity index (χ0) is 19.8. The van der Waals surface area contributed by atoms with Gasteiger partial charge in [-0.3, -0.25) is 9.59 Å². The van der Waals surface area contributed by atoms with Crippen molar-refractivity contribution in [2.24, 2.45) is 4.99 Å². The molecule has 8 heteroatoms. The second kappa shape index (κ2) is 6.99. The molecular formula is C21H15N5O2S. The predicted molar refractivity (Wildman–Crippen MR) is 111 cm³/mol. The van der Waals surface area contributed by atoms with Crippen LogP contribution in [0.15, 0.2) is 82.2 Å². The molecule has 0 saturated carbocycles. The Bertz CT molecular complexity index is 1470. The Hall–Kier alpha value is -3.78. The van der Waals surface area contributed by atoms with E-state index in [2.05, 4.69) is 15.1 Å². The molecule has 0 bridgehead atoms. The molecule has 0 atom stereocenters. The molecule has 0 spiro atoms. The number of nitrogens with one attached hydrogen (secondary N) is 1. The van der Waals surface area contributed by atoms with Crippen LogP contribution in [-0.4, -0.2) is 25.1 Å². The normalized spacial score (nSPS) is 12.1. The highest BCUT2D eigenvalue weighted by Crippen LogP contribution is 2.15. The summed E-state index contributed by atoms with van der Waals surface area (Å²) in [7, 11) is 0. The lowest BCUT2D eigenvalue weighted by Crippen LogP contribution is -2.17. The molecule has 0 radical (unpaired) electrons. The van der Waals surface area contributed by atoms with Crippen molar-refractivity contribution in [1.82, 2.24) is 19.2 Å². The van der Waals surface area contributed by atoms with Crippen molar-refractivity contribution in [2.45, 2.75) is 6.54 Å². The Morgan fingerprint density at radius 1 is 1.10 bits per heavy atom. The number of carbonyl (C=O) groups excluding carboxylic acids is 1. The Morgan fingerprint density at radius 3 is 2.76 bits per heavy atom. The lowest BCUT2D eigenvalue weighted by Gasteiger charge is -2.03. The molecule has 5 rings (SSSR count). The van der Waals surface area contributed by atoms with E-state index in [9.17, 15) is 9.59 Å². The van der Waals surface area contributed by atoms with Gasteiger partial charge in [0.2, 0.25) is 0 Å². The summed E-state index contributed by atoms with van der Waals surface area (Å²) in [4.78, 5) is 32.9. The number of rotatable bonds is 3. The number of hydrogen-bond donors (Lipinski definition) is 1. The van der Waals surface area contributed by atoms with E-state index >= 15 is 0 Å². The summed E-state index contributed by atoms with van der Waals surface area (Å²) in [5, 5.41) is 6.69. The first-order valence-electron chi connectivity index (χ1n) is 8.96. The van der Waals surface area contributed by atoms with Crippen LogP contribution in [0.5, 0.6) is 0 Å². The lowest BCUT2D eigenvalue weighted by molar-refractivity contribution is 0.0999. The van der Waals surface area contributed by atoms with Gasteiger partial charge < -0.3 is 9.55 Å². The topological polar surface area (TPSA) is 84.5 Å². The number of H-pyrrole nitrogens is 1. The standard InChI is InChI=1S/C21H15N5O2S/c27-19-15-8-4-5-9-17(15)26-18(23-19)16(12-22-26)20(28)24-21-25(10-11-29-21)13-14-6-2-1-3-7-14/h1-12H,13H2,(H,23,27). The van der Waals surface area contributed by atoms with Crippen molar-refractivity contribution in [3.05, 3.63) is 98.7 Å². The molecule has 1 N–H and O–H groups in total. The first-order chi connectivity index (χ1) is 14.2. The molecular weight excluding hydrogens is 386 g/mol. The summed E-state index contributed by atoms with van der Waals surface area (Å²) in [6, 6.07) is 17.1. The van der Waals surface area contributed by atoms with Gasteiger partial charge in [0.15, 0.2) is 4.80 Å². The average Bonchev–Trinajstić information content (AvgIpc) is 3.36. The van der Waals surface area contributed by atoms with Crippen LogP contribution in [-0.2, 0) is 6.54 Å². The number of fused-ring (bicyclic) bond motifs is 3. The van der Waals surface area contributed by atoms with E-state index in [1.807, 2.05) is 52.5 Å². The van der Waals surface area contributed by atoms with Gasteiger partial charge in [-0.1, -0.05) is 42.5 Å². The van der Waals surface area contributed by atoms with E-state index in [0.717, 1.165) is 5.56 Å². The fourth-order valence-electron chi connectivity index (χ4n) is 3.27. The van der Waals surface area contributed by atoms with Crippen LogP contribution in [0.3, 0.4) is 0 Å². The van der Waals surface area contributed by atoms with Crippen LogP contribution in [0.2, 0.25) is 0 Å². The Morgan fingerprint density at radius 2 is 1.90 bits per heavy atom. The highest BCUT2D eigenvalue weighted by molar-refractivity contribution is 7.07. The van der Waals surface area contributed by atoms with Crippen LogP contribution in [0, 0.1) is 0 Å². The van der Waals surface area contributed by atoms with Crippen LogP contribution in [0.25, 0.3) is 16.6 Å². The van der Waals surface area contributed by atoms with Crippen molar-refractivity contribution in [1.29, 1.82) is 0 Å². The first kappa shape index (κ1) is 17.3. The maximum Gasteiger partial charge on any atom is 0.285 e. The van der Waals surface area contributed by atoms with Crippen LogP contribution in [0.4, 0.5) is 0 Å². The Balaban J connectivity index is 1.58. The summed E-state index contributed by atoms with van der Waals surface area (Å²) < 4.78 is 3.48. The number of nitrogens with zero attached hydrogens (tertiary/aromatic N) is 4. The number of amides is 1. The second-order valence-corrected chi connectivity index (χ2v) is 7.38. The third-order valence-electron chi connectivity index (χ3n) is 4.66. The lowest BCUT2D eigenvalue weighted by atomic mass is 10.2. The number of aromatic nitrogens is 4. The van der Waals surface area contributed by atoms with Crippen molar-refractivity contribution in [3.8, 4) is 0 Å². The Kier molecular flexibility index (Phi) is 4.18.